The zero-order valence-corrected chi connectivity index (χ0v) is 16.8. The van der Waals surface area contributed by atoms with Gasteiger partial charge < -0.3 is 10.6 Å². The lowest BCUT2D eigenvalue weighted by molar-refractivity contribution is -0.126. The van der Waals surface area contributed by atoms with Crippen LogP contribution >= 0.6 is 11.3 Å². The quantitative estimate of drug-likeness (QED) is 0.774. The van der Waals surface area contributed by atoms with Crippen molar-refractivity contribution in [3.05, 3.63) is 41.3 Å². The Morgan fingerprint density at radius 2 is 1.93 bits per heavy atom. The number of benzene rings is 1. The number of nitrogens with zero attached hydrogens (tertiary/aromatic N) is 1. The van der Waals surface area contributed by atoms with Gasteiger partial charge in [0.1, 0.15) is 0 Å². The van der Waals surface area contributed by atoms with E-state index in [1.807, 2.05) is 12.1 Å². The van der Waals surface area contributed by atoms with Crippen molar-refractivity contribution in [2.75, 3.05) is 18.4 Å². The van der Waals surface area contributed by atoms with E-state index < -0.39 is 12.3 Å². The van der Waals surface area contributed by atoms with Crippen molar-refractivity contribution in [2.24, 2.45) is 5.92 Å². The maximum Gasteiger partial charge on any atom is 0.315 e. The Bertz CT molecular complexity index is 907. The Morgan fingerprint density at radius 3 is 2.62 bits per heavy atom. The van der Waals surface area contributed by atoms with Crippen LogP contribution in [0.5, 0.6) is 0 Å². The van der Waals surface area contributed by atoms with E-state index in [9.17, 15) is 18.4 Å². The van der Waals surface area contributed by atoms with Crippen LogP contribution in [0.15, 0.2) is 36.4 Å². The molecule has 0 aliphatic carbocycles. The number of fused-ring (bicyclic) bond motifs is 3. The van der Waals surface area contributed by atoms with Gasteiger partial charge in [0.15, 0.2) is 0 Å². The van der Waals surface area contributed by atoms with Crippen LogP contribution in [0.25, 0.3) is 10.4 Å². The van der Waals surface area contributed by atoms with E-state index in [4.69, 9.17) is 0 Å². The van der Waals surface area contributed by atoms with Gasteiger partial charge in [-0.25, -0.2) is 0 Å². The van der Waals surface area contributed by atoms with Crippen molar-refractivity contribution in [1.82, 2.24) is 10.2 Å². The third-order valence-electron chi connectivity index (χ3n) is 5.92. The van der Waals surface area contributed by atoms with Crippen molar-refractivity contribution in [3.8, 4) is 10.4 Å². The van der Waals surface area contributed by atoms with Crippen molar-refractivity contribution in [2.45, 2.75) is 38.3 Å². The minimum Gasteiger partial charge on any atom is -0.347 e. The fourth-order valence-corrected chi connectivity index (χ4v) is 5.24. The summed E-state index contributed by atoms with van der Waals surface area (Å²) >= 11 is 1.35. The topological polar surface area (TPSA) is 61.4 Å². The molecule has 154 valence electrons. The van der Waals surface area contributed by atoms with E-state index in [1.54, 1.807) is 24.3 Å². The van der Waals surface area contributed by atoms with Crippen LogP contribution in [0.2, 0.25) is 0 Å². The maximum atomic E-state index is 12.8. The van der Waals surface area contributed by atoms with Gasteiger partial charge in [-0.05, 0) is 68.6 Å². The van der Waals surface area contributed by atoms with Gasteiger partial charge in [0.2, 0.25) is 0 Å². The number of halogens is 2. The molecule has 3 saturated heterocycles. The second-order valence-electron chi connectivity index (χ2n) is 7.65. The monoisotopic (exact) mass is 419 g/mol. The first-order valence-electron chi connectivity index (χ1n) is 9.76. The summed E-state index contributed by atoms with van der Waals surface area (Å²) in [5.41, 5.74) is 1.06. The molecule has 5 rings (SSSR count). The number of carbonyl (C=O) groups excluding carboxylic acids is 2. The summed E-state index contributed by atoms with van der Waals surface area (Å²) in [5, 5.41) is 5.41. The molecular weight excluding hydrogens is 396 g/mol. The highest BCUT2D eigenvalue weighted by atomic mass is 32.1. The molecule has 4 heterocycles. The number of hydrogen-bond acceptors (Lipinski definition) is 4. The van der Waals surface area contributed by atoms with E-state index >= 15 is 0 Å². The van der Waals surface area contributed by atoms with E-state index in [0.717, 1.165) is 36.4 Å². The molecule has 0 unspecified atom stereocenters. The third kappa shape index (κ3) is 4.18. The van der Waals surface area contributed by atoms with Crippen LogP contribution in [0.3, 0.4) is 0 Å². The highest BCUT2D eigenvalue weighted by Crippen LogP contribution is 2.33. The molecule has 5 nitrogen and oxygen atoms in total. The van der Waals surface area contributed by atoms with Crippen LogP contribution in [0, 0.1) is 5.92 Å². The number of anilines is 1. The summed E-state index contributed by atoms with van der Waals surface area (Å²) in [6, 6.07) is 10.8. The predicted octanol–water partition coefficient (Wildman–Crippen LogP) is 3.83. The molecule has 3 fully saturated rings. The Balaban J connectivity index is 1.46. The lowest BCUT2D eigenvalue weighted by Crippen LogP contribution is -2.62. The van der Waals surface area contributed by atoms with Gasteiger partial charge in [-0.3, -0.25) is 14.5 Å². The summed E-state index contributed by atoms with van der Waals surface area (Å²) < 4.78 is 24.9. The Morgan fingerprint density at radius 1 is 1.17 bits per heavy atom. The van der Waals surface area contributed by atoms with Crippen molar-refractivity contribution >= 4 is 28.8 Å². The molecule has 3 aliphatic rings. The van der Waals surface area contributed by atoms with Gasteiger partial charge in [0.25, 0.3) is 11.8 Å². The van der Waals surface area contributed by atoms with Gasteiger partial charge >= 0.3 is 6.43 Å². The number of hydrogen-bond donors (Lipinski definition) is 2. The number of carbonyl (C=O) groups is 2. The fourth-order valence-electron chi connectivity index (χ4n) is 4.33. The van der Waals surface area contributed by atoms with Gasteiger partial charge in [-0.15, -0.1) is 11.3 Å². The number of alkyl halides is 2. The zero-order chi connectivity index (χ0) is 20.5. The van der Waals surface area contributed by atoms with E-state index in [1.165, 1.54) is 11.3 Å². The molecule has 0 saturated carbocycles. The minimum absolute atomic E-state index is 0.0750. The zero-order valence-electron chi connectivity index (χ0n) is 16.0. The lowest BCUT2D eigenvalue weighted by atomic mass is 9.79. The molecule has 2 atom stereocenters. The number of piperidine rings is 3. The molecule has 0 spiro atoms. The third-order valence-corrected chi connectivity index (χ3v) is 7.05. The Kier molecular flexibility index (Phi) is 5.65. The molecule has 0 radical (unpaired) electrons. The van der Waals surface area contributed by atoms with Gasteiger partial charge in [0, 0.05) is 22.6 Å². The van der Waals surface area contributed by atoms with Gasteiger partial charge in [-0.2, -0.15) is 8.78 Å². The van der Waals surface area contributed by atoms with Crippen LogP contribution in [0.1, 0.15) is 29.4 Å². The van der Waals surface area contributed by atoms with Crippen LogP contribution < -0.4 is 10.6 Å². The van der Waals surface area contributed by atoms with Gasteiger partial charge in [-0.1, -0.05) is 12.1 Å². The predicted molar refractivity (Wildman–Crippen MR) is 109 cm³/mol. The first kappa shape index (κ1) is 20.0. The molecule has 1 aromatic carbocycles. The highest BCUT2D eigenvalue weighted by Gasteiger charge is 2.40. The molecule has 2 amide bonds. The van der Waals surface area contributed by atoms with Crippen LogP contribution in [-0.4, -0.2) is 48.3 Å². The first-order chi connectivity index (χ1) is 13.9. The average Bonchev–Trinajstić information content (AvgIpc) is 3.21. The number of nitrogens with one attached hydrogen (secondary N) is 2. The summed E-state index contributed by atoms with van der Waals surface area (Å²) in [6.45, 7) is 4.40. The van der Waals surface area contributed by atoms with E-state index in [2.05, 4.69) is 22.5 Å². The number of rotatable bonds is 5. The largest absolute Gasteiger partial charge is 0.347 e. The van der Waals surface area contributed by atoms with Crippen molar-refractivity contribution in [3.63, 3.8) is 0 Å². The SMILES string of the molecule is C[C@H]1[C@H](NC(=O)c2ccc(-c3cccc(NC(=O)C(F)F)c3)s2)C2CCN1CC2. The summed E-state index contributed by atoms with van der Waals surface area (Å²) in [5.74, 6) is -0.873. The normalized spacial score (nSPS) is 25.8. The van der Waals surface area contributed by atoms with E-state index in [-0.39, 0.29) is 11.9 Å². The molecule has 8 heteroatoms. The van der Waals surface area contributed by atoms with Crippen molar-refractivity contribution < 1.29 is 18.4 Å². The molecule has 2 aromatic rings. The molecule has 3 aliphatic heterocycles. The highest BCUT2D eigenvalue weighted by molar-refractivity contribution is 7.17. The summed E-state index contributed by atoms with van der Waals surface area (Å²) in [7, 11) is 0. The molecule has 2 N–H and O–H groups in total. The summed E-state index contributed by atoms with van der Waals surface area (Å²) in [4.78, 5) is 27.9. The first-order valence-corrected chi connectivity index (χ1v) is 10.6. The minimum atomic E-state index is -3.07. The molecule has 2 bridgehead atoms. The van der Waals surface area contributed by atoms with E-state index in [0.29, 0.717) is 22.5 Å². The Hall–Kier alpha value is -2.32. The lowest BCUT2D eigenvalue weighted by Gasteiger charge is -2.49. The molecule has 1 aromatic heterocycles. The van der Waals surface area contributed by atoms with Crippen LogP contribution in [0.4, 0.5) is 14.5 Å². The second-order valence-corrected chi connectivity index (χ2v) is 8.73. The molecule has 29 heavy (non-hydrogen) atoms. The maximum absolute atomic E-state index is 12.8. The standard InChI is InChI=1S/C21H23F2N3O2S/c1-12-18(13-7-9-26(12)10-8-13)25-20(27)17-6-5-16(29-17)14-3-2-4-15(11-14)24-21(28)19(22)23/h2-6,11-13,18-19H,7-10H2,1H3,(H,24,28)(H,25,27)/t12-,18-/m0/s1. The van der Waals surface area contributed by atoms with Crippen LogP contribution in [-0.2, 0) is 4.79 Å². The number of thiophene rings is 1. The second kappa shape index (κ2) is 8.20. The average molecular weight is 419 g/mol. The Labute approximate surface area is 172 Å². The summed E-state index contributed by atoms with van der Waals surface area (Å²) in [6.07, 6.45) is -0.811. The molecular formula is C21H23F2N3O2S. The number of amides is 2. The fraction of sp³-hybridized carbons (Fsp3) is 0.429. The smallest absolute Gasteiger partial charge is 0.315 e. The van der Waals surface area contributed by atoms with Gasteiger partial charge in [0.05, 0.1) is 4.88 Å². The van der Waals surface area contributed by atoms with Crippen molar-refractivity contribution in [1.29, 1.82) is 0 Å².